The summed E-state index contributed by atoms with van der Waals surface area (Å²) in [5.74, 6) is -0.223. The molecule has 0 bridgehead atoms. The molecule has 0 aliphatic carbocycles. The van der Waals surface area contributed by atoms with Gasteiger partial charge in [-0.15, -0.1) is 0 Å². The van der Waals surface area contributed by atoms with Crippen molar-refractivity contribution in [2.75, 3.05) is 20.3 Å². The Kier molecular flexibility index (Phi) is 7.36. The third-order valence-electron chi connectivity index (χ3n) is 8.63. The van der Waals surface area contributed by atoms with Gasteiger partial charge in [0.1, 0.15) is 12.4 Å². The summed E-state index contributed by atoms with van der Waals surface area (Å²) in [5.41, 5.74) is 8.82. The third kappa shape index (κ3) is 5.41. The number of nitrogens with zero attached hydrogens (tertiary/aromatic N) is 3. The van der Waals surface area contributed by atoms with E-state index in [1.165, 1.54) is 5.56 Å². The van der Waals surface area contributed by atoms with Gasteiger partial charge in [-0.25, -0.2) is 4.79 Å². The Morgan fingerprint density at radius 3 is 2.50 bits per heavy atom. The molecule has 2 aliphatic heterocycles. The van der Waals surface area contributed by atoms with E-state index in [0.717, 1.165) is 72.8 Å². The standard InChI is InChI=1S/C39H37N3O4/c1-23-18-28-19-27(24-6-8-25(9-7-24)29-20-40-22-42(5)21-29)10-11-30(28)35(33(23)37(38(43)44)46-39(2,3)4)31-12-13-32-34-26(15-17-45-32)14-16-41-36(31)34/h6-14,16,18-21,37H,15,17,22H2,1-5H3,(H,43,44)/t37-/m0/s1. The summed E-state index contributed by atoms with van der Waals surface area (Å²) in [6.07, 6.45) is 5.49. The summed E-state index contributed by atoms with van der Waals surface area (Å²) in [4.78, 5) is 24.2. The van der Waals surface area contributed by atoms with Crippen LogP contribution in [0.25, 0.3) is 49.5 Å². The lowest BCUT2D eigenvalue weighted by atomic mass is 9.84. The lowest BCUT2D eigenvalue weighted by molar-refractivity contribution is -0.160. The second-order valence-corrected chi connectivity index (χ2v) is 13.1. The minimum Gasteiger partial charge on any atom is -0.493 e. The van der Waals surface area contributed by atoms with E-state index in [0.29, 0.717) is 18.8 Å². The van der Waals surface area contributed by atoms with Gasteiger partial charge >= 0.3 is 5.97 Å². The average Bonchev–Trinajstić information content (AvgIpc) is 3.03. The summed E-state index contributed by atoms with van der Waals surface area (Å²) in [6, 6.07) is 23.0. The lowest BCUT2D eigenvalue weighted by Crippen LogP contribution is -2.28. The molecular weight excluding hydrogens is 574 g/mol. The molecular formula is C39H37N3O4. The summed E-state index contributed by atoms with van der Waals surface area (Å²) in [7, 11) is 2.02. The smallest absolute Gasteiger partial charge is 0.337 e. The van der Waals surface area contributed by atoms with Gasteiger partial charge in [0.15, 0.2) is 6.10 Å². The number of aliphatic carboxylic acids is 1. The molecule has 0 saturated carbocycles. The SMILES string of the molecule is Cc1cc2cc(-c3ccc(C4=CN(C)CN=C4)cc3)ccc2c(-c2ccc3c4c(ccnc24)CCO3)c1[C@H](OC(C)(C)C)C(=O)O. The maximum Gasteiger partial charge on any atom is 0.337 e. The van der Waals surface area contributed by atoms with E-state index in [-0.39, 0.29) is 0 Å². The first-order chi connectivity index (χ1) is 22.1. The molecule has 46 heavy (non-hydrogen) atoms. The van der Waals surface area contributed by atoms with Gasteiger partial charge in [0.25, 0.3) is 0 Å². The molecule has 0 fully saturated rings. The lowest BCUT2D eigenvalue weighted by Gasteiger charge is -2.29. The van der Waals surface area contributed by atoms with Crippen LogP contribution in [0, 0.1) is 6.92 Å². The third-order valence-corrected chi connectivity index (χ3v) is 8.63. The number of aryl methyl sites for hydroxylation is 1. The van der Waals surface area contributed by atoms with Crippen LogP contribution >= 0.6 is 0 Å². The van der Waals surface area contributed by atoms with Crippen molar-refractivity contribution in [3.8, 4) is 28.0 Å². The number of aliphatic imine (C=N–C) groups is 1. The fraction of sp³-hybridized carbons (Fsp3) is 0.256. The Morgan fingerprint density at radius 1 is 1.00 bits per heavy atom. The molecule has 5 aromatic rings. The van der Waals surface area contributed by atoms with Crippen molar-refractivity contribution < 1.29 is 19.4 Å². The van der Waals surface area contributed by atoms with Crippen molar-refractivity contribution in [1.82, 2.24) is 9.88 Å². The van der Waals surface area contributed by atoms with Gasteiger partial charge in [0.05, 0.1) is 17.7 Å². The van der Waals surface area contributed by atoms with Crippen molar-refractivity contribution in [3.05, 3.63) is 101 Å². The highest BCUT2D eigenvalue weighted by atomic mass is 16.5. The van der Waals surface area contributed by atoms with E-state index < -0.39 is 17.7 Å². The van der Waals surface area contributed by atoms with Crippen LogP contribution in [0.1, 0.15) is 49.1 Å². The Bertz CT molecular complexity index is 2060. The number of fused-ring (bicyclic) bond motifs is 1. The van der Waals surface area contributed by atoms with Crippen LogP contribution < -0.4 is 4.74 Å². The van der Waals surface area contributed by atoms with Crippen LogP contribution in [0.5, 0.6) is 5.75 Å². The second-order valence-electron chi connectivity index (χ2n) is 13.1. The predicted molar refractivity (Wildman–Crippen MR) is 184 cm³/mol. The first-order valence-corrected chi connectivity index (χ1v) is 15.6. The number of hydrogen-bond donors (Lipinski definition) is 1. The zero-order valence-corrected chi connectivity index (χ0v) is 26.8. The van der Waals surface area contributed by atoms with Crippen LogP contribution in [0.4, 0.5) is 0 Å². The number of allylic oxidation sites excluding steroid dienone is 1. The molecule has 7 heteroatoms. The molecule has 3 heterocycles. The van der Waals surface area contributed by atoms with Crippen LogP contribution in [0.2, 0.25) is 0 Å². The quantitative estimate of drug-likeness (QED) is 0.208. The first-order valence-electron chi connectivity index (χ1n) is 15.6. The van der Waals surface area contributed by atoms with Gasteiger partial charge in [-0.2, -0.15) is 0 Å². The monoisotopic (exact) mass is 611 g/mol. The number of hydrogen-bond acceptors (Lipinski definition) is 6. The van der Waals surface area contributed by atoms with Gasteiger partial charge in [0.2, 0.25) is 0 Å². The number of ether oxygens (including phenoxy) is 2. The molecule has 2 aliphatic rings. The maximum atomic E-state index is 12.9. The minimum atomic E-state index is -1.18. The van der Waals surface area contributed by atoms with Crippen LogP contribution in [-0.2, 0) is 16.0 Å². The molecule has 1 aromatic heterocycles. The topological polar surface area (TPSA) is 84.3 Å². The zero-order chi connectivity index (χ0) is 32.2. The molecule has 0 unspecified atom stereocenters. The van der Waals surface area contributed by atoms with E-state index >= 15 is 0 Å². The highest BCUT2D eigenvalue weighted by molar-refractivity contribution is 6.11. The molecule has 0 radical (unpaired) electrons. The summed E-state index contributed by atoms with van der Waals surface area (Å²) in [6.45, 7) is 8.91. The number of carbonyl (C=O) groups is 1. The summed E-state index contributed by atoms with van der Waals surface area (Å²) in [5, 5.41) is 13.5. The van der Waals surface area contributed by atoms with Gasteiger partial charge in [-0.3, -0.25) is 9.98 Å². The van der Waals surface area contributed by atoms with Gasteiger partial charge < -0.3 is 19.5 Å². The second kappa shape index (κ2) is 11.4. The number of benzene rings is 4. The van der Waals surface area contributed by atoms with Crippen molar-refractivity contribution in [2.45, 2.75) is 45.8 Å². The zero-order valence-electron chi connectivity index (χ0n) is 26.8. The summed E-state index contributed by atoms with van der Waals surface area (Å²) < 4.78 is 12.3. The van der Waals surface area contributed by atoms with Crippen LogP contribution in [0.15, 0.2) is 84.1 Å². The summed E-state index contributed by atoms with van der Waals surface area (Å²) >= 11 is 0. The molecule has 1 N–H and O–H groups in total. The van der Waals surface area contributed by atoms with Crippen molar-refractivity contribution in [2.24, 2.45) is 4.99 Å². The van der Waals surface area contributed by atoms with Crippen LogP contribution in [0.3, 0.4) is 0 Å². The van der Waals surface area contributed by atoms with E-state index in [1.807, 2.05) is 65.4 Å². The van der Waals surface area contributed by atoms with Gasteiger partial charge in [-0.05, 0) is 96.1 Å². The predicted octanol–water partition coefficient (Wildman–Crippen LogP) is 8.22. The number of rotatable bonds is 6. The molecule has 1 atom stereocenters. The maximum absolute atomic E-state index is 12.9. The average molecular weight is 612 g/mol. The normalized spacial score (nSPS) is 15.2. The first kappa shape index (κ1) is 29.7. The number of carboxylic acid groups (broad SMARTS) is 1. The highest BCUT2D eigenvalue weighted by Crippen LogP contribution is 2.45. The highest BCUT2D eigenvalue weighted by Gasteiger charge is 2.32. The molecule has 0 spiro atoms. The van der Waals surface area contributed by atoms with Crippen LogP contribution in [-0.4, -0.2) is 53.1 Å². The number of aromatic nitrogens is 1. The largest absolute Gasteiger partial charge is 0.493 e. The minimum absolute atomic E-state index is 0.622. The Morgan fingerprint density at radius 2 is 1.76 bits per heavy atom. The number of pyridine rings is 1. The van der Waals surface area contributed by atoms with Gasteiger partial charge in [0, 0.05) is 54.2 Å². The Balaban J connectivity index is 1.43. The molecule has 232 valence electrons. The fourth-order valence-corrected chi connectivity index (χ4v) is 6.64. The van der Waals surface area contributed by atoms with E-state index in [4.69, 9.17) is 14.5 Å². The van der Waals surface area contributed by atoms with E-state index in [2.05, 4.69) is 64.6 Å². The molecule has 0 amide bonds. The fourth-order valence-electron chi connectivity index (χ4n) is 6.64. The molecule has 7 rings (SSSR count). The van der Waals surface area contributed by atoms with Gasteiger partial charge in [-0.1, -0.05) is 42.5 Å². The van der Waals surface area contributed by atoms with Crippen molar-refractivity contribution >= 4 is 39.4 Å². The Labute approximate surface area is 268 Å². The van der Waals surface area contributed by atoms with Crippen molar-refractivity contribution in [3.63, 3.8) is 0 Å². The van der Waals surface area contributed by atoms with E-state index in [9.17, 15) is 9.90 Å². The molecule has 0 saturated heterocycles. The molecule has 4 aromatic carbocycles. The Hall–Kier alpha value is -5.01. The van der Waals surface area contributed by atoms with E-state index in [1.54, 1.807) is 0 Å². The number of carboxylic acids is 1. The molecule has 7 nitrogen and oxygen atoms in total. The van der Waals surface area contributed by atoms with Crippen molar-refractivity contribution in [1.29, 1.82) is 0 Å².